The van der Waals surface area contributed by atoms with E-state index in [0.717, 1.165) is 21.4 Å². The summed E-state index contributed by atoms with van der Waals surface area (Å²) in [5, 5.41) is 12.3. The summed E-state index contributed by atoms with van der Waals surface area (Å²) in [6.07, 6.45) is 0. The highest BCUT2D eigenvalue weighted by molar-refractivity contribution is 9.10. The van der Waals surface area contributed by atoms with E-state index in [1.165, 1.54) is 0 Å². The number of amides is 1. The van der Waals surface area contributed by atoms with Gasteiger partial charge in [0.05, 0.1) is 5.00 Å². The average Bonchev–Trinajstić information content (AvgIpc) is 2.73. The molecule has 0 radical (unpaired) electrons. The molecule has 1 aromatic carbocycles. The van der Waals surface area contributed by atoms with Crippen LogP contribution in [0.15, 0.2) is 28.7 Å². The minimum Gasteiger partial charge on any atom is -0.477 e. The molecule has 1 aromatic heterocycles. The molecule has 0 aliphatic rings. The number of aromatic carboxylic acids is 1. The summed E-state index contributed by atoms with van der Waals surface area (Å²) in [4.78, 5) is 23.4. The van der Waals surface area contributed by atoms with Gasteiger partial charge in [0.2, 0.25) is 0 Å². The van der Waals surface area contributed by atoms with Gasteiger partial charge in [0.1, 0.15) is 4.88 Å². The van der Waals surface area contributed by atoms with E-state index in [-0.39, 0.29) is 10.8 Å². The Bertz CT molecular complexity index is 694. The fourth-order valence-electron chi connectivity index (χ4n) is 1.79. The van der Waals surface area contributed by atoms with Crippen molar-refractivity contribution in [3.8, 4) is 0 Å². The molecule has 0 saturated carbocycles. The van der Waals surface area contributed by atoms with Gasteiger partial charge in [0.15, 0.2) is 0 Å². The molecule has 0 bridgehead atoms. The van der Waals surface area contributed by atoms with Crippen molar-refractivity contribution in [2.75, 3.05) is 5.32 Å². The Hall–Kier alpha value is -1.66. The van der Waals surface area contributed by atoms with Gasteiger partial charge in [-0.25, -0.2) is 4.79 Å². The first-order chi connectivity index (χ1) is 9.40. The van der Waals surface area contributed by atoms with Gasteiger partial charge in [-0.3, -0.25) is 4.79 Å². The molecule has 104 valence electrons. The van der Waals surface area contributed by atoms with Crippen molar-refractivity contribution >= 4 is 44.1 Å². The number of hydrogen-bond donors (Lipinski definition) is 2. The molecule has 2 rings (SSSR count). The second-order valence-electron chi connectivity index (χ2n) is 4.29. The molecule has 20 heavy (non-hydrogen) atoms. The third kappa shape index (κ3) is 2.91. The predicted octanol–water partition coefficient (Wildman–Crippen LogP) is 4.08. The number of rotatable bonds is 3. The van der Waals surface area contributed by atoms with Crippen molar-refractivity contribution in [3.05, 3.63) is 50.3 Å². The van der Waals surface area contributed by atoms with E-state index in [0.29, 0.717) is 16.1 Å². The summed E-state index contributed by atoms with van der Waals surface area (Å²) in [5.74, 6) is -1.23. The maximum Gasteiger partial charge on any atom is 0.346 e. The lowest BCUT2D eigenvalue weighted by Gasteiger charge is -2.07. The summed E-state index contributed by atoms with van der Waals surface area (Å²) in [6, 6.07) is 7.05. The molecule has 6 heteroatoms. The Morgan fingerprint density at radius 3 is 2.60 bits per heavy atom. The van der Waals surface area contributed by atoms with E-state index in [1.807, 2.05) is 13.0 Å². The number of hydrogen-bond acceptors (Lipinski definition) is 3. The number of carbonyl (C=O) groups excluding carboxylic acids is 1. The van der Waals surface area contributed by atoms with E-state index in [2.05, 4.69) is 21.2 Å². The summed E-state index contributed by atoms with van der Waals surface area (Å²) in [7, 11) is 0. The van der Waals surface area contributed by atoms with Gasteiger partial charge < -0.3 is 10.4 Å². The van der Waals surface area contributed by atoms with Crippen molar-refractivity contribution in [3.63, 3.8) is 0 Å². The predicted molar refractivity (Wildman–Crippen MR) is 82.8 cm³/mol. The topological polar surface area (TPSA) is 66.4 Å². The molecule has 0 aliphatic heterocycles. The highest BCUT2D eigenvalue weighted by atomic mass is 79.9. The molecule has 0 fully saturated rings. The minimum absolute atomic E-state index is 0.242. The van der Waals surface area contributed by atoms with Crippen molar-refractivity contribution < 1.29 is 14.7 Å². The van der Waals surface area contributed by atoms with Crippen LogP contribution < -0.4 is 5.32 Å². The lowest BCUT2D eigenvalue weighted by molar-refractivity contribution is 0.0701. The molecular formula is C14H12BrNO3S. The quantitative estimate of drug-likeness (QED) is 0.873. The van der Waals surface area contributed by atoms with Gasteiger partial charge in [-0.05, 0) is 43.2 Å². The van der Waals surface area contributed by atoms with Crippen LogP contribution in [-0.2, 0) is 0 Å². The van der Waals surface area contributed by atoms with E-state index in [9.17, 15) is 9.59 Å². The Labute approximate surface area is 128 Å². The summed E-state index contributed by atoms with van der Waals surface area (Å²) >= 11 is 4.44. The van der Waals surface area contributed by atoms with E-state index in [1.54, 1.807) is 25.1 Å². The van der Waals surface area contributed by atoms with Crippen LogP contribution in [-0.4, -0.2) is 17.0 Å². The van der Waals surface area contributed by atoms with Crippen molar-refractivity contribution in [1.82, 2.24) is 0 Å². The van der Waals surface area contributed by atoms with E-state index < -0.39 is 5.97 Å². The first-order valence-electron chi connectivity index (χ1n) is 5.80. The summed E-state index contributed by atoms with van der Waals surface area (Å²) in [5.41, 5.74) is 2.04. The number of carbonyl (C=O) groups is 2. The molecular weight excluding hydrogens is 342 g/mol. The van der Waals surface area contributed by atoms with Crippen LogP contribution in [0.3, 0.4) is 0 Å². The molecule has 0 spiro atoms. The van der Waals surface area contributed by atoms with Crippen molar-refractivity contribution in [2.24, 2.45) is 0 Å². The van der Waals surface area contributed by atoms with Crippen LogP contribution in [0.4, 0.5) is 5.00 Å². The number of nitrogens with one attached hydrogen (secondary N) is 1. The number of carboxylic acids is 1. The highest BCUT2D eigenvalue weighted by Crippen LogP contribution is 2.28. The number of anilines is 1. The molecule has 2 aromatic rings. The van der Waals surface area contributed by atoms with Gasteiger partial charge in [-0.2, -0.15) is 0 Å². The number of carboxylic acid groups (broad SMARTS) is 1. The number of halogens is 1. The Kier molecular flexibility index (Phi) is 4.25. The lowest BCUT2D eigenvalue weighted by Crippen LogP contribution is -2.12. The number of aryl methyl sites for hydroxylation is 1. The zero-order chi connectivity index (χ0) is 14.9. The maximum atomic E-state index is 12.2. The molecule has 0 atom stereocenters. The van der Waals surface area contributed by atoms with Gasteiger partial charge in [-0.1, -0.05) is 22.0 Å². The molecule has 1 amide bonds. The average molecular weight is 354 g/mol. The molecule has 2 N–H and O–H groups in total. The Morgan fingerprint density at radius 1 is 1.30 bits per heavy atom. The second kappa shape index (κ2) is 5.76. The highest BCUT2D eigenvalue weighted by Gasteiger charge is 2.16. The van der Waals surface area contributed by atoms with E-state index >= 15 is 0 Å². The zero-order valence-electron chi connectivity index (χ0n) is 10.9. The first kappa shape index (κ1) is 14.7. The monoisotopic (exact) mass is 353 g/mol. The fraction of sp³-hybridized carbons (Fsp3) is 0.143. The van der Waals surface area contributed by atoms with Crippen LogP contribution in [0.25, 0.3) is 0 Å². The first-order valence-corrected chi connectivity index (χ1v) is 7.41. The second-order valence-corrected chi connectivity index (χ2v) is 6.20. The van der Waals surface area contributed by atoms with Crippen LogP contribution in [0.5, 0.6) is 0 Å². The van der Waals surface area contributed by atoms with Gasteiger partial charge in [-0.15, -0.1) is 11.3 Å². The Balaban J connectivity index is 2.26. The zero-order valence-corrected chi connectivity index (χ0v) is 13.3. The number of benzene rings is 1. The van der Waals surface area contributed by atoms with Crippen LogP contribution in [0.1, 0.15) is 31.2 Å². The summed E-state index contributed by atoms with van der Waals surface area (Å²) in [6.45, 7) is 3.56. The lowest BCUT2D eigenvalue weighted by atomic mass is 10.1. The van der Waals surface area contributed by atoms with Crippen LogP contribution in [0.2, 0.25) is 0 Å². The third-order valence-corrected chi connectivity index (χ3v) is 4.86. The fourth-order valence-corrected chi connectivity index (χ4v) is 3.06. The largest absolute Gasteiger partial charge is 0.477 e. The smallest absolute Gasteiger partial charge is 0.346 e. The van der Waals surface area contributed by atoms with Gasteiger partial charge in [0.25, 0.3) is 5.91 Å². The normalized spacial score (nSPS) is 10.3. The molecule has 1 heterocycles. The van der Waals surface area contributed by atoms with Crippen molar-refractivity contribution in [2.45, 2.75) is 13.8 Å². The SMILES string of the molecule is Cc1cc(NC(=O)c2cccc(Br)c2C)sc1C(=O)O. The minimum atomic E-state index is -0.980. The number of thiophene rings is 1. The summed E-state index contributed by atoms with van der Waals surface area (Å²) < 4.78 is 0.860. The maximum absolute atomic E-state index is 12.2. The van der Waals surface area contributed by atoms with Crippen LogP contribution in [0, 0.1) is 13.8 Å². The van der Waals surface area contributed by atoms with E-state index in [4.69, 9.17) is 5.11 Å². The Morgan fingerprint density at radius 2 is 2.00 bits per heavy atom. The van der Waals surface area contributed by atoms with Crippen LogP contribution >= 0.6 is 27.3 Å². The molecule has 0 saturated heterocycles. The van der Waals surface area contributed by atoms with Gasteiger partial charge >= 0.3 is 5.97 Å². The molecule has 0 unspecified atom stereocenters. The standard InChI is InChI=1S/C14H12BrNO3S/c1-7-6-11(20-12(7)14(18)19)16-13(17)9-4-3-5-10(15)8(9)2/h3-6H,1-2H3,(H,16,17)(H,18,19). The van der Waals surface area contributed by atoms with Gasteiger partial charge in [0, 0.05) is 10.0 Å². The third-order valence-electron chi connectivity index (χ3n) is 2.86. The van der Waals surface area contributed by atoms with Crippen molar-refractivity contribution in [1.29, 1.82) is 0 Å². The molecule has 0 aliphatic carbocycles. The molecule has 4 nitrogen and oxygen atoms in total.